The van der Waals surface area contributed by atoms with E-state index in [1.54, 1.807) is 42.5 Å². The number of amides is 1. The number of carbonyl (C=O) groups is 1. The largest absolute Gasteiger partial charge is 0.309 e. The topological polar surface area (TPSA) is 115 Å². The molecule has 1 atom stereocenters. The Kier molecular flexibility index (Phi) is 6.80. The number of nitrogens with zero attached hydrogens (tertiary/aromatic N) is 1. The van der Waals surface area contributed by atoms with Crippen LogP contribution >= 0.6 is 34.5 Å². The van der Waals surface area contributed by atoms with E-state index in [1.165, 1.54) is 11.0 Å². The van der Waals surface area contributed by atoms with Gasteiger partial charge in [0.15, 0.2) is 14.0 Å². The molecule has 13 heteroatoms. The van der Waals surface area contributed by atoms with Gasteiger partial charge in [-0.15, -0.1) is 11.3 Å². The van der Waals surface area contributed by atoms with Crippen molar-refractivity contribution >= 4 is 66.0 Å². The number of alkyl halides is 1. The van der Waals surface area contributed by atoms with Crippen LogP contribution in [0.5, 0.6) is 0 Å². The highest BCUT2D eigenvalue weighted by Crippen LogP contribution is 2.50. The number of rotatable bonds is 5. The van der Waals surface area contributed by atoms with Crippen molar-refractivity contribution in [2.45, 2.75) is 27.6 Å². The average Bonchev–Trinajstić information content (AvgIpc) is 3.10. The minimum atomic E-state index is -4.26. The zero-order chi connectivity index (χ0) is 25.8. The van der Waals surface area contributed by atoms with Gasteiger partial charge in [-0.05, 0) is 36.6 Å². The number of primary sulfonamides is 1. The number of halogens is 3. The maximum absolute atomic E-state index is 16.2. The normalized spacial score (nSPS) is 19.2. The first-order chi connectivity index (χ1) is 16.2. The second kappa shape index (κ2) is 9.13. The summed E-state index contributed by atoms with van der Waals surface area (Å²) in [5.41, 5.74) is -1.56. The number of nitrogens with two attached hydrogens (primary N) is 1. The lowest BCUT2D eigenvalue weighted by molar-refractivity contribution is -0.133. The van der Waals surface area contributed by atoms with E-state index < -0.39 is 46.2 Å². The first-order valence-electron chi connectivity index (χ1n) is 10.2. The molecule has 1 amide bonds. The van der Waals surface area contributed by atoms with Crippen molar-refractivity contribution < 1.29 is 26.0 Å². The molecule has 3 aromatic rings. The molecule has 35 heavy (non-hydrogen) atoms. The van der Waals surface area contributed by atoms with E-state index in [0.717, 1.165) is 6.26 Å². The van der Waals surface area contributed by atoms with E-state index in [-0.39, 0.29) is 28.6 Å². The molecule has 186 valence electrons. The van der Waals surface area contributed by atoms with Crippen LogP contribution < -0.4 is 10.0 Å². The summed E-state index contributed by atoms with van der Waals surface area (Å²) in [5, 5.41) is 4.66. The molecular formula is C22H19Cl2FN2O5S3. The molecule has 1 fully saturated rings. The number of sulfone groups is 1. The van der Waals surface area contributed by atoms with Crippen molar-refractivity contribution in [3.63, 3.8) is 0 Å². The maximum atomic E-state index is 16.2. The van der Waals surface area contributed by atoms with E-state index in [2.05, 4.69) is 0 Å². The van der Waals surface area contributed by atoms with Gasteiger partial charge in [0.2, 0.25) is 15.7 Å². The fourth-order valence-corrected chi connectivity index (χ4v) is 8.21. The molecular weight excluding hydrogens is 558 g/mol. The fourth-order valence-electron chi connectivity index (χ4n) is 4.11. The summed E-state index contributed by atoms with van der Waals surface area (Å²) in [6.45, 7) is 0.213. The molecule has 0 spiro atoms. The maximum Gasteiger partial charge on any atom is 0.269 e. The first-order valence-corrected chi connectivity index (χ1v) is 15.2. The molecule has 7 nitrogen and oxygen atoms in total. The second-order valence-corrected chi connectivity index (χ2v) is 13.8. The Bertz CT molecular complexity index is 1540. The molecule has 0 bridgehead atoms. The molecule has 1 unspecified atom stereocenters. The van der Waals surface area contributed by atoms with Crippen LogP contribution in [0.15, 0.2) is 57.6 Å². The number of sulfonamides is 1. The molecule has 1 aliphatic heterocycles. The highest BCUT2D eigenvalue weighted by molar-refractivity contribution is 7.91. The van der Waals surface area contributed by atoms with Gasteiger partial charge >= 0.3 is 0 Å². The summed E-state index contributed by atoms with van der Waals surface area (Å²) in [7, 11) is -7.73. The van der Waals surface area contributed by atoms with Gasteiger partial charge in [0, 0.05) is 29.6 Å². The Morgan fingerprint density at radius 2 is 1.69 bits per heavy atom. The summed E-state index contributed by atoms with van der Waals surface area (Å²) < 4.78 is 63.4. The highest BCUT2D eigenvalue weighted by atomic mass is 35.5. The van der Waals surface area contributed by atoms with Crippen LogP contribution in [-0.2, 0) is 30.3 Å². The van der Waals surface area contributed by atoms with Crippen LogP contribution in [0.2, 0.25) is 9.36 Å². The van der Waals surface area contributed by atoms with Crippen molar-refractivity contribution in [1.29, 1.82) is 0 Å². The lowest BCUT2D eigenvalue weighted by Crippen LogP contribution is -2.49. The predicted octanol–water partition coefficient (Wildman–Crippen LogP) is 4.76. The van der Waals surface area contributed by atoms with Gasteiger partial charge in [-0.3, -0.25) is 4.79 Å². The summed E-state index contributed by atoms with van der Waals surface area (Å²) in [6, 6.07) is 13.0. The third kappa shape index (κ3) is 4.73. The predicted molar refractivity (Wildman–Crippen MR) is 135 cm³/mol. The van der Waals surface area contributed by atoms with E-state index in [0.29, 0.717) is 28.2 Å². The molecule has 2 N–H and O–H groups in total. The quantitative estimate of drug-likeness (QED) is 0.470. The Hall–Kier alpha value is -2.02. The first kappa shape index (κ1) is 26.1. The summed E-state index contributed by atoms with van der Waals surface area (Å²) >= 11 is 12.8. The molecule has 2 aromatic carbocycles. The van der Waals surface area contributed by atoms with Gasteiger partial charge in [-0.25, -0.2) is 26.4 Å². The zero-order valence-electron chi connectivity index (χ0n) is 18.2. The molecule has 1 aliphatic rings. The lowest BCUT2D eigenvalue weighted by atomic mass is 9.87. The fraction of sp³-hybridized carbons (Fsp3) is 0.227. The van der Waals surface area contributed by atoms with Crippen LogP contribution in [0, 0.1) is 0 Å². The van der Waals surface area contributed by atoms with Crippen molar-refractivity contribution in [1.82, 2.24) is 0 Å². The van der Waals surface area contributed by atoms with Crippen LogP contribution in [-0.4, -0.2) is 35.5 Å². The van der Waals surface area contributed by atoms with Gasteiger partial charge in [0.25, 0.3) is 5.91 Å². The number of carbonyl (C=O) groups excluding carboxylic acids is 1. The van der Waals surface area contributed by atoms with Gasteiger partial charge in [0.05, 0.1) is 9.92 Å². The molecule has 0 saturated carbocycles. The summed E-state index contributed by atoms with van der Waals surface area (Å²) in [5.74, 6) is -0.935. The zero-order valence-corrected chi connectivity index (χ0v) is 22.1. The van der Waals surface area contributed by atoms with Gasteiger partial charge in [0.1, 0.15) is 4.34 Å². The minimum Gasteiger partial charge on any atom is -0.309 e. The molecule has 1 aromatic heterocycles. The third-order valence-corrected chi connectivity index (χ3v) is 10.3. The number of benzene rings is 2. The van der Waals surface area contributed by atoms with E-state index >= 15 is 4.39 Å². The second-order valence-electron chi connectivity index (χ2n) is 8.07. The van der Waals surface area contributed by atoms with Crippen LogP contribution in [0.1, 0.15) is 18.4 Å². The number of thiophene rings is 1. The van der Waals surface area contributed by atoms with Crippen LogP contribution in [0.3, 0.4) is 0 Å². The van der Waals surface area contributed by atoms with Crippen molar-refractivity contribution in [2.75, 3.05) is 17.7 Å². The van der Waals surface area contributed by atoms with Gasteiger partial charge < -0.3 is 4.90 Å². The van der Waals surface area contributed by atoms with Gasteiger partial charge in [-0.1, -0.05) is 53.5 Å². The monoisotopic (exact) mass is 576 g/mol. The van der Waals surface area contributed by atoms with Gasteiger partial charge in [-0.2, -0.15) is 0 Å². The number of hydrogen-bond donors (Lipinski definition) is 1. The SMILES string of the molecule is CS(=O)(=O)c1ccccc1-c1ccc(N2CCCC(F)(c3c(Cl)sc(S(N)(=O)=O)c3Cl)C2=O)cc1. The van der Waals surface area contributed by atoms with Crippen LogP contribution in [0.25, 0.3) is 11.1 Å². The molecule has 0 aliphatic carbocycles. The molecule has 2 heterocycles. The number of piperidine rings is 1. The number of anilines is 1. The van der Waals surface area contributed by atoms with Crippen LogP contribution in [0.4, 0.5) is 10.1 Å². The Morgan fingerprint density at radius 3 is 2.26 bits per heavy atom. The summed E-state index contributed by atoms with van der Waals surface area (Å²) in [6.07, 6.45) is 1.14. The van der Waals surface area contributed by atoms with E-state index in [1.807, 2.05) is 0 Å². The Balaban J connectivity index is 1.71. The van der Waals surface area contributed by atoms with Crippen molar-refractivity contribution in [2.24, 2.45) is 5.14 Å². The van der Waals surface area contributed by atoms with E-state index in [4.69, 9.17) is 28.3 Å². The Labute approximate surface area is 216 Å². The molecule has 4 rings (SSSR count). The van der Waals surface area contributed by atoms with Crippen molar-refractivity contribution in [3.05, 3.63) is 63.5 Å². The average molecular weight is 578 g/mol. The minimum absolute atomic E-state index is 0.164. The summed E-state index contributed by atoms with van der Waals surface area (Å²) in [4.78, 5) is 14.7. The smallest absolute Gasteiger partial charge is 0.269 e. The third-order valence-electron chi connectivity index (χ3n) is 5.70. The molecule has 1 saturated heterocycles. The van der Waals surface area contributed by atoms with E-state index in [9.17, 15) is 21.6 Å². The van der Waals surface area contributed by atoms with Crippen molar-refractivity contribution in [3.8, 4) is 11.1 Å². The number of hydrogen-bond acceptors (Lipinski definition) is 6. The highest BCUT2D eigenvalue weighted by Gasteiger charge is 2.50. The Morgan fingerprint density at radius 1 is 1.06 bits per heavy atom. The molecule has 0 radical (unpaired) electrons. The standard InChI is InChI=1S/C22H19Cl2FN2O5S3/c1-34(29,30)16-6-3-2-5-15(16)13-7-9-14(10-8-13)27-12-4-11-22(25,21(27)28)17-18(23)20(33-19(17)24)35(26,31)32/h2-3,5-10H,4,11-12H2,1H3,(H2,26,31,32). The lowest BCUT2D eigenvalue weighted by Gasteiger charge is -2.36.